The predicted molar refractivity (Wildman–Crippen MR) is 142 cm³/mol. The summed E-state index contributed by atoms with van der Waals surface area (Å²) in [5.41, 5.74) is 2.07. The highest BCUT2D eigenvalue weighted by atomic mass is 35.5. The van der Waals surface area contributed by atoms with E-state index in [1.807, 2.05) is 31.2 Å². The quantitative estimate of drug-likeness (QED) is 0.321. The number of ether oxygens (including phenoxy) is 3. The third-order valence-corrected chi connectivity index (χ3v) is 6.37. The molecule has 0 unspecified atom stereocenters. The lowest BCUT2D eigenvalue weighted by Crippen LogP contribution is -2.38. The zero-order valence-electron chi connectivity index (χ0n) is 20.4. The summed E-state index contributed by atoms with van der Waals surface area (Å²) in [6, 6.07) is 14.1. The number of Topliss-reactive ketones (excluding diaryl/α,β-unsaturated/α-hetero) is 1. The molecule has 3 aromatic rings. The molecule has 1 heterocycles. The smallest absolute Gasteiger partial charge is 0.296 e. The van der Waals surface area contributed by atoms with E-state index in [2.05, 4.69) is 16.8 Å². The molecule has 1 saturated heterocycles. The van der Waals surface area contributed by atoms with Crippen molar-refractivity contribution in [3.05, 3.63) is 71.3 Å². The Balaban J connectivity index is 1.55. The third-order valence-electron chi connectivity index (χ3n) is 6.09. The van der Waals surface area contributed by atoms with Gasteiger partial charge in [-0.05, 0) is 42.1 Å². The van der Waals surface area contributed by atoms with Crippen molar-refractivity contribution >= 4 is 45.3 Å². The Kier molecular flexibility index (Phi) is 8.25. The van der Waals surface area contributed by atoms with E-state index < -0.39 is 11.7 Å². The van der Waals surface area contributed by atoms with Crippen molar-refractivity contribution in [2.45, 2.75) is 6.92 Å². The molecule has 0 saturated carbocycles. The van der Waals surface area contributed by atoms with Gasteiger partial charge in [-0.2, -0.15) is 0 Å². The van der Waals surface area contributed by atoms with Crippen LogP contribution in [0.4, 0.5) is 5.69 Å². The Labute approximate surface area is 215 Å². The van der Waals surface area contributed by atoms with Gasteiger partial charge in [0.2, 0.25) is 0 Å². The van der Waals surface area contributed by atoms with E-state index in [4.69, 9.17) is 25.8 Å². The number of carbonyl (C=O) groups is 2. The molecule has 1 aliphatic rings. The van der Waals surface area contributed by atoms with E-state index in [-0.39, 0.29) is 11.3 Å². The number of nitrogens with one attached hydrogen (secondary N) is 1. The minimum Gasteiger partial charge on any atom is -0.493 e. The summed E-state index contributed by atoms with van der Waals surface area (Å²) in [6.45, 7) is 10.3. The van der Waals surface area contributed by atoms with Crippen LogP contribution in [-0.4, -0.2) is 63.2 Å². The number of carbonyl (C=O) groups excluding carboxylic acids is 2. The summed E-state index contributed by atoms with van der Waals surface area (Å²) in [6.07, 6.45) is 0. The van der Waals surface area contributed by atoms with Crippen LogP contribution in [0, 0.1) is 0 Å². The average molecular weight is 509 g/mol. The third kappa shape index (κ3) is 5.70. The maximum absolute atomic E-state index is 13.2. The number of methoxy groups -OCH3 is 1. The maximum Gasteiger partial charge on any atom is 0.296 e. The fourth-order valence-corrected chi connectivity index (χ4v) is 4.44. The van der Waals surface area contributed by atoms with Gasteiger partial charge in [0.25, 0.3) is 11.7 Å². The van der Waals surface area contributed by atoms with Gasteiger partial charge in [0, 0.05) is 30.6 Å². The fourth-order valence-electron chi connectivity index (χ4n) is 4.15. The number of nitrogens with zero attached hydrogens (tertiary/aromatic N) is 1. The molecular weight excluding hydrogens is 480 g/mol. The summed E-state index contributed by atoms with van der Waals surface area (Å²) in [5, 5.41) is 4.38. The highest BCUT2D eigenvalue weighted by molar-refractivity contribution is 6.48. The average Bonchev–Trinajstić information content (AvgIpc) is 2.88. The van der Waals surface area contributed by atoms with Gasteiger partial charge in [0.1, 0.15) is 12.4 Å². The molecule has 1 aliphatic heterocycles. The molecule has 1 amide bonds. The number of ketones is 1. The molecule has 36 heavy (non-hydrogen) atoms. The van der Waals surface area contributed by atoms with Crippen LogP contribution < -0.4 is 14.8 Å². The number of halogens is 1. The van der Waals surface area contributed by atoms with Crippen LogP contribution in [-0.2, 0) is 9.53 Å². The number of amides is 1. The second-order valence-corrected chi connectivity index (χ2v) is 8.97. The molecule has 0 radical (unpaired) electrons. The molecule has 3 aromatic carbocycles. The second-order valence-electron chi connectivity index (χ2n) is 8.56. The van der Waals surface area contributed by atoms with Crippen LogP contribution in [0.3, 0.4) is 0 Å². The van der Waals surface area contributed by atoms with Crippen molar-refractivity contribution < 1.29 is 23.8 Å². The molecule has 0 bridgehead atoms. The first-order chi connectivity index (χ1) is 17.4. The van der Waals surface area contributed by atoms with E-state index in [1.54, 1.807) is 24.3 Å². The summed E-state index contributed by atoms with van der Waals surface area (Å²) in [5.74, 6) is -0.533. The van der Waals surface area contributed by atoms with E-state index in [9.17, 15) is 9.59 Å². The number of allylic oxidation sites excluding steroid dienone is 1. The van der Waals surface area contributed by atoms with Crippen molar-refractivity contribution in [2.75, 3.05) is 51.9 Å². The predicted octanol–water partition coefficient (Wildman–Crippen LogP) is 5.07. The van der Waals surface area contributed by atoms with Crippen molar-refractivity contribution in [3.63, 3.8) is 0 Å². The zero-order valence-corrected chi connectivity index (χ0v) is 21.2. The lowest BCUT2D eigenvalue weighted by Gasteiger charge is -2.26. The summed E-state index contributed by atoms with van der Waals surface area (Å²) in [4.78, 5) is 28.5. The summed E-state index contributed by atoms with van der Waals surface area (Å²) < 4.78 is 16.8. The number of anilines is 1. The van der Waals surface area contributed by atoms with Gasteiger partial charge >= 0.3 is 0 Å². The van der Waals surface area contributed by atoms with Crippen molar-refractivity contribution in [2.24, 2.45) is 0 Å². The highest BCUT2D eigenvalue weighted by Gasteiger charge is 2.22. The molecule has 0 aromatic heterocycles. The Bertz CT molecular complexity index is 1300. The largest absolute Gasteiger partial charge is 0.493 e. The fraction of sp³-hybridized carbons (Fsp3) is 0.286. The lowest BCUT2D eigenvalue weighted by molar-refractivity contribution is -0.112. The Hall–Kier alpha value is -3.39. The van der Waals surface area contributed by atoms with E-state index in [0.29, 0.717) is 28.5 Å². The van der Waals surface area contributed by atoms with Gasteiger partial charge in [0.15, 0.2) is 5.75 Å². The zero-order chi connectivity index (χ0) is 25.7. The second kappa shape index (κ2) is 11.6. The molecule has 0 aliphatic carbocycles. The normalized spacial score (nSPS) is 13.9. The van der Waals surface area contributed by atoms with Gasteiger partial charge in [-0.1, -0.05) is 48.0 Å². The van der Waals surface area contributed by atoms with E-state index in [1.165, 1.54) is 7.11 Å². The minimum absolute atomic E-state index is 0.275. The number of morpholine rings is 1. The molecule has 0 spiro atoms. The van der Waals surface area contributed by atoms with Crippen molar-refractivity contribution in [1.82, 2.24) is 4.90 Å². The Morgan fingerprint density at radius 1 is 1.11 bits per heavy atom. The number of fused-ring (bicyclic) bond motifs is 1. The van der Waals surface area contributed by atoms with Crippen LogP contribution in [0.25, 0.3) is 16.3 Å². The Morgan fingerprint density at radius 2 is 1.83 bits per heavy atom. The van der Waals surface area contributed by atoms with Crippen LogP contribution in [0.2, 0.25) is 5.02 Å². The van der Waals surface area contributed by atoms with E-state index >= 15 is 0 Å². The molecular formula is C28H29ClN2O5. The van der Waals surface area contributed by atoms with Gasteiger partial charge in [0.05, 0.1) is 31.0 Å². The number of hydrogen-bond acceptors (Lipinski definition) is 6. The van der Waals surface area contributed by atoms with Crippen molar-refractivity contribution in [3.8, 4) is 11.5 Å². The first-order valence-corrected chi connectivity index (χ1v) is 12.1. The molecule has 8 heteroatoms. The summed E-state index contributed by atoms with van der Waals surface area (Å²) >= 11 is 6.32. The van der Waals surface area contributed by atoms with Crippen LogP contribution in [0.15, 0.2) is 55.1 Å². The van der Waals surface area contributed by atoms with E-state index in [0.717, 1.165) is 49.4 Å². The molecule has 0 atom stereocenters. The van der Waals surface area contributed by atoms with Crippen LogP contribution in [0.5, 0.6) is 11.5 Å². The minimum atomic E-state index is -0.797. The topological polar surface area (TPSA) is 77.1 Å². The molecule has 188 valence electrons. The number of rotatable bonds is 9. The molecule has 1 N–H and O–H groups in total. The van der Waals surface area contributed by atoms with Crippen LogP contribution >= 0.6 is 11.6 Å². The first kappa shape index (κ1) is 25.7. The Morgan fingerprint density at radius 3 is 2.53 bits per heavy atom. The van der Waals surface area contributed by atoms with Gasteiger partial charge in [-0.3, -0.25) is 14.5 Å². The number of hydrogen-bond donors (Lipinski definition) is 1. The molecule has 4 rings (SSSR count). The lowest BCUT2D eigenvalue weighted by atomic mass is 10.00. The molecule has 7 nitrogen and oxygen atoms in total. The highest BCUT2D eigenvalue weighted by Crippen LogP contribution is 2.36. The maximum atomic E-state index is 13.2. The SMILES string of the molecule is C=C(C)c1cc(Cl)c(OC)c(NC(=O)C(=O)c2ccc(OCCN3CCOCC3)c3ccccc23)c1. The van der Waals surface area contributed by atoms with Crippen LogP contribution in [0.1, 0.15) is 22.8 Å². The first-order valence-electron chi connectivity index (χ1n) is 11.7. The summed E-state index contributed by atoms with van der Waals surface area (Å²) in [7, 11) is 1.45. The van der Waals surface area contributed by atoms with Crippen molar-refractivity contribution in [1.29, 1.82) is 0 Å². The monoisotopic (exact) mass is 508 g/mol. The van der Waals surface area contributed by atoms with Gasteiger partial charge in [-0.25, -0.2) is 0 Å². The molecule has 1 fully saturated rings. The number of benzene rings is 3. The standard InChI is InChI=1S/C28H29ClN2O5/c1-18(2)19-16-23(29)27(34-3)24(17-19)30-28(33)26(32)22-8-9-25(21-7-5-4-6-20(21)22)36-15-12-31-10-13-35-14-11-31/h4-9,16-17H,1,10-15H2,2-3H3,(H,30,33). The van der Waals surface area contributed by atoms with Gasteiger partial charge < -0.3 is 19.5 Å². The van der Waals surface area contributed by atoms with Gasteiger partial charge in [-0.15, -0.1) is 0 Å².